The van der Waals surface area contributed by atoms with E-state index >= 15 is 0 Å². The Labute approximate surface area is 219 Å². The number of rotatable bonds is 8. The Kier molecular flexibility index (Phi) is 7.05. The molecule has 3 aromatic rings. The van der Waals surface area contributed by atoms with Gasteiger partial charge in [-0.15, -0.1) is 5.10 Å². The van der Waals surface area contributed by atoms with Crippen molar-refractivity contribution in [2.45, 2.75) is 51.4 Å². The maximum Gasteiger partial charge on any atom is 0.254 e. The molecule has 1 amide bonds. The molecule has 1 aliphatic carbocycles. The van der Waals surface area contributed by atoms with Gasteiger partial charge in [0.1, 0.15) is 5.75 Å². The number of carbonyl (C=O) groups excluding carboxylic acids is 1. The van der Waals surface area contributed by atoms with Crippen molar-refractivity contribution in [2.24, 2.45) is 11.8 Å². The van der Waals surface area contributed by atoms with Gasteiger partial charge in [-0.05, 0) is 113 Å². The van der Waals surface area contributed by atoms with Crippen LogP contribution >= 0.6 is 0 Å². The molecule has 0 spiro atoms. The molecule has 4 heterocycles. The standard InChI is InChI=1S/C30H39N5O2/c1-37-26-11-9-25(10-12-26)31-29-27(6-5-16-33-14-3-2-4-15-33)28-19-24(13-17-35(28)32-29)30(36)34-20-22-7-8-23(18-22)21-34/h9-13,17,19,22-23H,2-8,14-16,18,20-21H2,1H3,(H,31,32). The summed E-state index contributed by atoms with van der Waals surface area (Å²) in [6.45, 7) is 5.35. The second kappa shape index (κ2) is 10.7. The lowest BCUT2D eigenvalue weighted by Gasteiger charge is -2.31. The van der Waals surface area contributed by atoms with Crippen LogP contribution in [0, 0.1) is 11.8 Å². The highest BCUT2D eigenvalue weighted by Crippen LogP contribution is 2.37. The number of piperidine rings is 2. The minimum Gasteiger partial charge on any atom is -0.497 e. The third-order valence-electron chi connectivity index (χ3n) is 8.58. The van der Waals surface area contributed by atoms with E-state index in [2.05, 4.69) is 21.2 Å². The van der Waals surface area contributed by atoms with Crippen molar-refractivity contribution in [2.75, 3.05) is 45.2 Å². The lowest BCUT2D eigenvalue weighted by Crippen LogP contribution is -2.40. The fourth-order valence-electron chi connectivity index (χ4n) is 6.60. The summed E-state index contributed by atoms with van der Waals surface area (Å²) in [7, 11) is 1.68. The van der Waals surface area contributed by atoms with E-state index in [1.807, 2.05) is 41.0 Å². The van der Waals surface area contributed by atoms with Crippen LogP contribution in [0.2, 0.25) is 0 Å². The minimum atomic E-state index is 0.171. The molecule has 3 aliphatic rings. The molecule has 1 aromatic carbocycles. The molecule has 2 unspecified atom stereocenters. The normalized spacial score (nSPS) is 21.9. The maximum absolute atomic E-state index is 13.5. The number of nitrogens with one attached hydrogen (secondary N) is 1. The second-order valence-electron chi connectivity index (χ2n) is 11.2. The summed E-state index contributed by atoms with van der Waals surface area (Å²) in [5.74, 6) is 3.24. The number of likely N-dealkylation sites (tertiary alicyclic amines) is 2. The molecule has 2 saturated heterocycles. The Balaban J connectivity index is 1.26. The number of methoxy groups -OCH3 is 1. The van der Waals surface area contributed by atoms with Gasteiger partial charge in [0.25, 0.3) is 5.91 Å². The molecule has 196 valence electrons. The molecule has 37 heavy (non-hydrogen) atoms. The Morgan fingerprint density at radius 3 is 2.54 bits per heavy atom. The number of amides is 1. The van der Waals surface area contributed by atoms with Crippen molar-refractivity contribution >= 4 is 22.9 Å². The summed E-state index contributed by atoms with van der Waals surface area (Å²) in [6.07, 6.45) is 11.8. The first-order chi connectivity index (χ1) is 18.2. The zero-order valence-electron chi connectivity index (χ0n) is 22.0. The minimum absolute atomic E-state index is 0.171. The van der Waals surface area contributed by atoms with Crippen LogP contribution in [0.1, 0.15) is 60.9 Å². The third kappa shape index (κ3) is 5.33. The van der Waals surface area contributed by atoms with Crippen LogP contribution in [0.4, 0.5) is 11.5 Å². The van der Waals surface area contributed by atoms with E-state index in [9.17, 15) is 4.79 Å². The highest BCUT2D eigenvalue weighted by atomic mass is 16.5. The maximum atomic E-state index is 13.5. The van der Waals surface area contributed by atoms with Crippen LogP contribution in [-0.4, -0.2) is 65.2 Å². The number of pyridine rings is 1. The van der Waals surface area contributed by atoms with Crippen molar-refractivity contribution in [1.82, 2.24) is 19.4 Å². The van der Waals surface area contributed by atoms with Gasteiger partial charge in [0, 0.05) is 36.1 Å². The van der Waals surface area contributed by atoms with Crippen molar-refractivity contribution in [3.8, 4) is 5.75 Å². The molecular formula is C30H39N5O2. The van der Waals surface area contributed by atoms with E-state index in [4.69, 9.17) is 9.84 Å². The number of fused-ring (bicyclic) bond motifs is 3. The van der Waals surface area contributed by atoms with Gasteiger partial charge in [-0.1, -0.05) is 6.42 Å². The summed E-state index contributed by atoms with van der Waals surface area (Å²) in [5, 5.41) is 8.44. The van der Waals surface area contributed by atoms with Gasteiger partial charge in [0.15, 0.2) is 5.82 Å². The number of carbonyl (C=O) groups is 1. The fourth-order valence-corrected chi connectivity index (χ4v) is 6.60. The molecule has 7 nitrogen and oxygen atoms in total. The summed E-state index contributed by atoms with van der Waals surface area (Å²) in [6, 6.07) is 11.9. The zero-order valence-corrected chi connectivity index (χ0v) is 22.0. The number of nitrogens with zero attached hydrogens (tertiary/aromatic N) is 4. The van der Waals surface area contributed by atoms with E-state index in [1.54, 1.807) is 7.11 Å². The van der Waals surface area contributed by atoms with Crippen LogP contribution in [-0.2, 0) is 6.42 Å². The third-order valence-corrected chi connectivity index (χ3v) is 8.58. The number of anilines is 2. The number of hydrogen-bond donors (Lipinski definition) is 1. The fraction of sp³-hybridized carbons (Fsp3) is 0.533. The largest absolute Gasteiger partial charge is 0.497 e. The first-order valence-electron chi connectivity index (χ1n) is 14.1. The predicted molar refractivity (Wildman–Crippen MR) is 147 cm³/mol. The summed E-state index contributed by atoms with van der Waals surface area (Å²) < 4.78 is 7.25. The van der Waals surface area contributed by atoms with Gasteiger partial charge >= 0.3 is 0 Å². The van der Waals surface area contributed by atoms with Crippen LogP contribution < -0.4 is 10.1 Å². The van der Waals surface area contributed by atoms with Crippen LogP contribution in [0.3, 0.4) is 0 Å². The summed E-state index contributed by atoms with van der Waals surface area (Å²) in [4.78, 5) is 18.2. The molecule has 7 heteroatoms. The molecule has 2 atom stereocenters. The molecule has 2 bridgehead atoms. The Morgan fingerprint density at radius 2 is 1.81 bits per heavy atom. The SMILES string of the molecule is COc1ccc(Nc2nn3ccc(C(=O)N4CC5CCC(C5)C4)cc3c2CCCN2CCCCC2)cc1. The van der Waals surface area contributed by atoms with Gasteiger partial charge < -0.3 is 19.9 Å². The Morgan fingerprint density at radius 1 is 1.05 bits per heavy atom. The van der Waals surface area contributed by atoms with Crippen molar-refractivity contribution in [3.05, 3.63) is 53.7 Å². The summed E-state index contributed by atoms with van der Waals surface area (Å²) >= 11 is 0. The molecular weight excluding hydrogens is 462 g/mol. The molecule has 2 aromatic heterocycles. The molecule has 2 aliphatic heterocycles. The molecule has 6 rings (SSSR count). The number of ether oxygens (including phenoxy) is 1. The number of hydrogen-bond acceptors (Lipinski definition) is 5. The van der Waals surface area contributed by atoms with Gasteiger partial charge in [0.2, 0.25) is 0 Å². The predicted octanol–water partition coefficient (Wildman–Crippen LogP) is 5.38. The summed E-state index contributed by atoms with van der Waals surface area (Å²) in [5.41, 5.74) is 3.96. The van der Waals surface area contributed by atoms with Crippen molar-refractivity contribution in [3.63, 3.8) is 0 Å². The zero-order chi connectivity index (χ0) is 25.2. The lowest BCUT2D eigenvalue weighted by atomic mass is 9.98. The first-order valence-corrected chi connectivity index (χ1v) is 14.1. The second-order valence-corrected chi connectivity index (χ2v) is 11.2. The molecule has 3 fully saturated rings. The van der Waals surface area contributed by atoms with Gasteiger partial charge in [0.05, 0.1) is 12.6 Å². The van der Waals surface area contributed by atoms with E-state index in [1.165, 1.54) is 57.2 Å². The highest BCUT2D eigenvalue weighted by molar-refractivity contribution is 5.95. The van der Waals surface area contributed by atoms with Crippen molar-refractivity contribution < 1.29 is 9.53 Å². The smallest absolute Gasteiger partial charge is 0.254 e. The average Bonchev–Trinajstić information content (AvgIpc) is 3.46. The van der Waals surface area contributed by atoms with Gasteiger partial charge in [-0.25, -0.2) is 4.52 Å². The number of aromatic nitrogens is 2. The molecule has 0 radical (unpaired) electrons. The first kappa shape index (κ1) is 24.3. The topological polar surface area (TPSA) is 62.1 Å². The van der Waals surface area contributed by atoms with Crippen LogP contribution in [0.5, 0.6) is 5.75 Å². The van der Waals surface area contributed by atoms with E-state index < -0.39 is 0 Å². The van der Waals surface area contributed by atoms with E-state index in [0.717, 1.165) is 60.8 Å². The average molecular weight is 502 g/mol. The highest BCUT2D eigenvalue weighted by Gasteiger charge is 2.35. The van der Waals surface area contributed by atoms with Crippen molar-refractivity contribution in [1.29, 1.82) is 0 Å². The lowest BCUT2D eigenvalue weighted by molar-refractivity contribution is 0.0662. The van der Waals surface area contributed by atoms with E-state index in [-0.39, 0.29) is 5.91 Å². The van der Waals surface area contributed by atoms with Gasteiger partial charge in [-0.2, -0.15) is 0 Å². The van der Waals surface area contributed by atoms with Crippen LogP contribution in [0.25, 0.3) is 5.52 Å². The monoisotopic (exact) mass is 501 g/mol. The van der Waals surface area contributed by atoms with Gasteiger partial charge in [-0.3, -0.25) is 4.79 Å². The van der Waals surface area contributed by atoms with Crippen LogP contribution in [0.15, 0.2) is 42.6 Å². The molecule has 1 N–H and O–H groups in total. The Bertz CT molecular complexity index is 1220. The number of benzene rings is 1. The Hall–Kier alpha value is -3.06. The number of aryl methyl sites for hydroxylation is 1. The van der Waals surface area contributed by atoms with E-state index in [0.29, 0.717) is 11.8 Å². The quantitative estimate of drug-likeness (QED) is 0.449. The molecule has 1 saturated carbocycles.